The fourth-order valence-electron chi connectivity index (χ4n) is 3.60. The minimum atomic E-state index is -4.54. The molecule has 0 bridgehead atoms. The number of benzene rings is 1. The lowest BCUT2D eigenvalue weighted by Gasteiger charge is -2.26. The van der Waals surface area contributed by atoms with Gasteiger partial charge in [0.25, 0.3) is 0 Å². The van der Waals surface area contributed by atoms with E-state index in [0.717, 1.165) is 31.9 Å². The van der Waals surface area contributed by atoms with Gasteiger partial charge < -0.3 is 14.7 Å². The summed E-state index contributed by atoms with van der Waals surface area (Å²) in [6.07, 6.45) is 3.53. The zero-order chi connectivity index (χ0) is 21.2. The Labute approximate surface area is 167 Å². The Kier molecular flexibility index (Phi) is 6.12. The third kappa shape index (κ3) is 4.87. The quantitative estimate of drug-likeness (QED) is 0.778. The van der Waals surface area contributed by atoms with Crippen molar-refractivity contribution < 1.29 is 23.0 Å². The molecule has 3 rings (SSSR count). The van der Waals surface area contributed by atoms with E-state index in [2.05, 4.69) is 9.89 Å². The summed E-state index contributed by atoms with van der Waals surface area (Å²) in [5.41, 5.74) is 0.400. The van der Waals surface area contributed by atoms with E-state index in [1.54, 1.807) is 12.2 Å². The number of hydrogen-bond donors (Lipinski definition) is 2. The van der Waals surface area contributed by atoms with Crippen LogP contribution in [0.1, 0.15) is 36.0 Å². The van der Waals surface area contributed by atoms with Gasteiger partial charge in [0.2, 0.25) is 0 Å². The maximum atomic E-state index is 12.9. The second-order valence-corrected chi connectivity index (χ2v) is 7.31. The molecule has 1 saturated heterocycles. The molecule has 1 aromatic carbocycles. The number of dihydropyridines is 1. The normalized spacial score (nSPS) is 21.8. The van der Waals surface area contributed by atoms with Crippen LogP contribution in [-0.4, -0.2) is 47.9 Å². The monoisotopic (exact) mass is 407 g/mol. The van der Waals surface area contributed by atoms with Crippen LogP contribution < -0.4 is 0 Å². The lowest BCUT2D eigenvalue weighted by Crippen LogP contribution is -2.28. The predicted octanol–water partition coefficient (Wildman–Crippen LogP) is 4.44. The number of aliphatic imine (C=N–C) groups is 1. The Hall–Kier alpha value is -2.61. The van der Waals surface area contributed by atoms with Crippen LogP contribution in [0, 0.1) is 12.3 Å². The molecule has 2 heterocycles. The Bertz CT molecular complexity index is 857. The van der Waals surface area contributed by atoms with Gasteiger partial charge in [0.15, 0.2) is 5.84 Å². The number of nitrogens with one attached hydrogen (secondary N) is 1. The zero-order valence-corrected chi connectivity index (χ0v) is 16.4. The number of ether oxygens (including phenoxy) is 1. The van der Waals surface area contributed by atoms with Crippen LogP contribution in [0.4, 0.5) is 13.2 Å². The molecule has 2 aliphatic heterocycles. The molecule has 1 aromatic rings. The summed E-state index contributed by atoms with van der Waals surface area (Å²) in [6, 6.07) is 1.98. The molecular formula is C21H24F3N3O2. The maximum Gasteiger partial charge on any atom is 0.416 e. The molecule has 1 unspecified atom stereocenters. The van der Waals surface area contributed by atoms with Crippen molar-refractivity contribution in [2.45, 2.75) is 38.4 Å². The van der Waals surface area contributed by atoms with Gasteiger partial charge in [-0.15, -0.1) is 0 Å². The molecule has 8 heteroatoms. The van der Waals surface area contributed by atoms with Gasteiger partial charge in [-0.05, 0) is 56.0 Å². The van der Waals surface area contributed by atoms with Gasteiger partial charge in [0, 0.05) is 43.6 Å². The molecule has 1 fully saturated rings. The second kappa shape index (κ2) is 8.41. The van der Waals surface area contributed by atoms with Gasteiger partial charge in [0.1, 0.15) is 5.75 Å². The summed E-state index contributed by atoms with van der Waals surface area (Å²) >= 11 is 0. The van der Waals surface area contributed by atoms with Crippen LogP contribution in [-0.2, 0) is 10.9 Å². The molecule has 2 N–H and O–H groups in total. The zero-order valence-electron chi connectivity index (χ0n) is 16.4. The lowest BCUT2D eigenvalue weighted by atomic mass is 9.97. The summed E-state index contributed by atoms with van der Waals surface area (Å²) in [5.74, 6) is -0.505. The molecule has 0 aliphatic carbocycles. The number of aryl methyl sites for hydroxylation is 1. The number of amidine groups is 1. The summed E-state index contributed by atoms with van der Waals surface area (Å²) in [6.45, 7) is 2.96. The first kappa shape index (κ1) is 21.1. The SMILES string of the molecule is Cc1cc(C(F)(F)F)cc(O)c1C1=NC(=N)/C(=C\N(C)C2CCCOCC2)C=C1. The molecular weight excluding hydrogens is 383 g/mol. The highest BCUT2D eigenvalue weighted by Crippen LogP contribution is 2.35. The Morgan fingerprint density at radius 2 is 2.00 bits per heavy atom. The highest BCUT2D eigenvalue weighted by molar-refractivity contribution is 6.21. The molecule has 5 nitrogen and oxygen atoms in total. The highest BCUT2D eigenvalue weighted by Gasteiger charge is 2.32. The lowest BCUT2D eigenvalue weighted by molar-refractivity contribution is -0.137. The van der Waals surface area contributed by atoms with Crippen molar-refractivity contribution in [3.05, 3.63) is 52.7 Å². The van der Waals surface area contributed by atoms with Crippen molar-refractivity contribution in [3.63, 3.8) is 0 Å². The predicted molar refractivity (Wildman–Crippen MR) is 106 cm³/mol. The average Bonchev–Trinajstić information content (AvgIpc) is 2.92. The highest BCUT2D eigenvalue weighted by atomic mass is 19.4. The summed E-state index contributed by atoms with van der Waals surface area (Å²) < 4.78 is 44.3. The van der Waals surface area contributed by atoms with E-state index in [1.807, 2.05) is 13.2 Å². The van der Waals surface area contributed by atoms with Crippen molar-refractivity contribution in [1.82, 2.24) is 4.90 Å². The standard InChI is InChI=1S/C21H24F3N3O2/c1-13-10-15(21(22,23)24)11-18(28)19(13)17-6-5-14(20(25)26-17)12-27(2)16-4-3-8-29-9-7-16/h5-6,10-12,16,25,28H,3-4,7-9H2,1-2H3/b14-12-,25-20?. The summed E-state index contributed by atoms with van der Waals surface area (Å²) in [4.78, 5) is 6.28. The van der Waals surface area contributed by atoms with Gasteiger partial charge in [-0.25, -0.2) is 4.99 Å². The molecule has 0 aromatic heterocycles. The number of aromatic hydroxyl groups is 1. The largest absolute Gasteiger partial charge is 0.507 e. The Morgan fingerprint density at radius 1 is 1.24 bits per heavy atom. The van der Waals surface area contributed by atoms with Crippen LogP contribution in [0.2, 0.25) is 0 Å². The Balaban J connectivity index is 1.82. The average molecular weight is 407 g/mol. The van der Waals surface area contributed by atoms with Gasteiger partial charge in [-0.1, -0.05) is 0 Å². The minimum absolute atomic E-state index is 0.00193. The van der Waals surface area contributed by atoms with Crippen LogP contribution >= 0.6 is 0 Å². The molecule has 2 aliphatic rings. The number of allylic oxidation sites excluding steroid dienone is 1. The van der Waals surface area contributed by atoms with Crippen molar-refractivity contribution in [2.75, 3.05) is 20.3 Å². The van der Waals surface area contributed by atoms with E-state index in [9.17, 15) is 18.3 Å². The summed E-state index contributed by atoms with van der Waals surface area (Å²) in [7, 11) is 1.95. The van der Waals surface area contributed by atoms with Gasteiger partial charge in [-0.3, -0.25) is 5.41 Å². The first-order chi connectivity index (χ1) is 13.7. The number of phenols is 1. The fourth-order valence-corrected chi connectivity index (χ4v) is 3.60. The van der Waals surface area contributed by atoms with Crippen LogP contribution in [0.15, 0.2) is 41.1 Å². The number of phenolic OH excluding ortho intramolecular Hbond substituents is 1. The maximum absolute atomic E-state index is 12.9. The number of nitrogens with zero attached hydrogens (tertiary/aromatic N) is 2. The fraction of sp³-hybridized carbons (Fsp3) is 0.429. The van der Waals surface area contributed by atoms with Crippen molar-refractivity contribution in [2.24, 2.45) is 4.99 Å². The number of alkyl halides is 3. The van der Waals surface area contributed by atoms with E-state index in [1.165, 1.54) is 6.92 Å². The van der Waals surface area contributed by atoms with E-state index >= 15 is 0 Å². The van der Waals surface area contributed by atoms with E-state index in [-0.39, 0.29) is 22.7 Å². The molecule has 0 radical (unpaired) electrons. The van der Waals surface area contributed by atoms with E-state index in [4.69, 9.17) is 10.1 Å². The molecule has 0 saturated carbocycles. The smallest absolute Gasteiger partial charge is 0.416 e. The van der Waals surface area contributed by atoms with Gasteiger partial charge in [-0.2, -0.15) is 13.2 Å². The second-order valence-electron chi connectivity index (χ2n) is 7.31. The van der Waals surface area contributed by atoms with Crippen LogP contribution in [0.25, 0.3) is 0 Å². The third-order valence-electron chi connectivity index (χ3n) is 5.16. The molecule has 156 valence electrons. The molecule has 0 spiro atoms. The molecule has 1 atom stereocenters. The Morgan fingerprint density at radius 3 is 2.66 bits per heavy atom. The van der Waals surface area contributed by atoms with E-state index in [0.29, 0.717) is 24.3 Å². The van der Waals surface area contributed by atoms with Crippen LogP contribution in [0.5, 0.6) is 5.75 Å². The van der Waals surface area contributed by atoms with Crippen molar-refractivity contribution in [3.8, 4) is 5.75 Å². The number of rotatable bonds is 3. The third-order valence-corrected chi connectivity index (χ3v) is 5.16. The number of hydrogen-bond acceptors (Lipinski definition) is 4. The molecule has 29 heavy (non-hydrogen) atoms. The summed E-state index contributed by atoms with van der Waals surface area (Å²) in [5, 5.41) is 18.4. The first-order valence-corrected chi connectivity index (χ1v) is 9.45. The first-order valence-electron chi connectivity index (χ1n) is 9.45. The topological polar surface area (TPSA) is 68.9 Å². The van der Waals surface area contributed by atoms with Crippen molar-refractivity contribution in [1.29, 1.82) is 5.41 Å². The van der Waals surface area contributed by atoms with Crippen LogP contribution in [0.3, 0.4) is 0 Å². The van der Waals surface area contributed by atoms with Gasteiger partial charge >= 0.3 is 6.18 Å². The molecule has 0 amide bonds. The van der Waals surface area contributed by atoms with Gasteiger partial charge in [0.05, 0.1) is 11.3 Å². The van der Waals surface area contributed by atoms with E-state index < -0.39 is 17.5 Å². The van der Waals surface area contributed by atoms with Crippen molar-refractivity contribution >= 4 is 11.5 Å². The number of halogens is 3. The minimum Gasteiger partial charge on any atom is -0.507 e.